The van der Waals surface area contributed by atoms with Gasteiger partial charge >= 0.3 is 0 Å². The van der Waals surface area contributed by atoms with Crippen molar-refractivity contribution < 1.29 is 4.74 Å². The Morgan fingerprint density at radius 1 is 1.50 bits per heavy atom. The predicted molar refractivity (Wildman–Crippen MR) is 61.6 cm³/mol. The van der Waals surface area contributed by atoms with Crippen molar-refractivity contribution in [2.24, 2.45) is 0 Å². The lowest BCUT2D eigenvalue weighted by Gasteiger charge is -2.03. The molecule has 0 spiro atoms. The number of aromatic amines is 1. The number of fused-ring (bicyclic) bond motifs is 1. The van der Waals surface area contributed by atoms with Crippen LogP contribution in [0.3, 0.4) is 0 Å². The van der Waals surface area contributed by atoms with Crippen molar-refractivity contribution in [3.63, 3.8) is 0 Å². The number of nitrogens with one attached hydrogen (secondary N) is 1. The zero-order valence-corrected chi connectivity index (χ0v) is 9.53. The zero-order chi connectivity index (χ0) is 10.1. The van der Waals surface area contributed by atoms with E-state index in [2.05, 4.69) is 32.6 Å². The molecule has 1 aromatic carbocycles. The lowest BCUT2D eigenvalue weighted by molar-refractivity contribution is 0.412. The summed E-state index contributed by atoms with van der Waals surface area (Å²) in [6.45, 7) is 0. The molecule has 0 aliphatic heterocycles. The quantitative estimate of drug-likeness (QED) is 0.813. The minimum Gasteiger partial charge on any atom is -0.496 e. The first-order valence-corrected chi connectivity index (χ1v) is 5.01. The van der Waals surface area contributed by atoms with Crippen LogP contribution in [0.1, 0.15) is 0 Å². The summed E-state index contributed by atoms with van der Waals surface area (Å²) in [5.74, 6) is 0.733. The van der Waals surface area contributed by atoms with Gasteiger partial charge in [0.05, 0.1) is 27.9 Å². The number of aromatic nitrogens is 2. The summed E-state index contributed by atoms with van der Waals surface area (Å²) >= 11 is 2.12. The highest BCUT2D eigenvalue weighted by Crippen LogP contribution is 2.23. The van der Waals surface area contributed by atoms with Crippen molar-refractivity contribution in [2.45, 2.75) is 0 Å². The van der Waals surface area contributed by atoms with E-state index in [0.29, 0.717) is 10.9 Å². The molecule has 0 unspecified atom stereocenters. The van der Waals surface area contributed by atoms with Crippen LogP contribution < -0.4 is 10.3 Å². The van der Waals surface area contributed by atoms with Crippen molar-refractivity contribution in [1.82, 2.24) is 9.97 Å². The van der Waals surface area contributed by atoms with E-state index < -0.39 is 0 Å². The number of hydrogen-bond acceptors (Lipinski definition) is 3. The van der Waals surface area contributed by atoms with Crippen LogP contribution in [-0.4, -0.2) is 17.1 Å². The summed E-state index contributed by atoms with van der Waals surface area (Å²) in [6, 6.07) is 3.52. The summed E-state index contributed by atoms with van der Waals surface area (Å²) in [7, 11) is 1.59. The SMILES string of the molecule is COc1cc2nc[nH]c(=O)c2cc1I. The molecule has 1 heterocycles. The molecule has 1 aromatic heterocycles. The first-order valence-electron chi connectivity index (χ1n) is 3.93. The van der Waals surface area contributed by atoms with Gasteiger partial charge in [-0.05, 0) is 28.7 Å². The van der Waals surface area contributed by atoms with E-state index in [9.17, 15) is 4.79 Å². The van der Waals surface area contributed by atoms with E-state index in [1.807, 2.05) is 0 Å². The highest BCUT2D eigenvalue weighted by molar-refractivity contribution is 14.1. The van der Waals surface area contributed by atoms with Gasteiger partial charge in [0.2, 0.25) is 0 Å². The number of halogens is 1. The minimum atomic E-state index is -0.129. The molecule has 0 radical (unpaired) electrons. The topological polar surface area (TPSA) is 55.0 Å². The Balaban J connectivity index is 2.86. The maximum atomic E-state index is 11.4. The molecule has 0 bridgehead atoms. The molecule has 2 aromatic rings. The lowest BCUT2D eigenvalue weighted by Crippen LogP contribution is -2.06. The van der Waals surface area contributed by atoms with E-state index >= 15 is 0 Å². The van der Waals surface area contributed by atoms with E-state index in [1.165, 1.54) is 6.33 Å². The molecule has 0 atom stereocenters. The highest BCUT2D eigenvalue weighted by atomic mass is 127. The summed E-state index contributed by atoms with van der Waals surface area (Å²) in [5.41, 5.74) is 0.515. The summed E-state index contributed by atoms with van der Waals surface area (Å²) in [4.78, 5) is 18.0. The first kappa shape index (κ1) is 9.45. The second-order valence-corrected chi connectivity index (χ2v) is 3.90. The van der Waals surface area contributed by atoms with Gasteiger partial charge in [-0.15, -0.1) is 0 Å². The van der Waals surface area contributed by atoms with Crippen LogP contribution in [0.4, 0.5) is 0 Å². The Labute approximate surface area is 93.5 Å². The zero-order valence-electron chi connectivity index (χ0n) is 7.37. The molecule has 0 aliphatic rings. The van der Waals surface area contributed by atoms with Gasteiger partial charge in [-0.2, -0.15) is 0 Å². The molecule has 0 aliphatic carbocycles. The summed E-state index contributed by atoms with van der Waals surface area (Å²) in [6.07, 6.45) is 1.39. The summed E-state index contributed by atoms with van der Waals surface area (Å²) < 4.78 is 6.03. The maximum absolute atomic E-state index is 11.4. The van der Waals surface area contributed by atoms with Crippen molar-refractivity contribution >= 4 is 33.5 Å². The number of hydrogen-bond donors (Lipinski definition) is 1. The largest absolute Gasteiger partial charge is 0.496 e. The Morgan fingerprint density at radius 3 is 3.00 bits per heavy atom. The van der Waals surface area contributed by atoms with Gasteiger partial charge in [0.15, 0.2) is 0 Å². The number of ether oxygens (including phenoxy) is 1. The average molecular weight is 302 g/mol. The Hall–Kier alpha value is -1.11. The van der Waals surface area contributed by atoms with Crippen molar-refractivity contribution in [3.05, 3.63) is 32.4 Å². The van der Waals surface area contributed by atoms with E-state index in [1.54, 1.807) is 19.2 Å². The first-order chi connectivity index (χ1) is 6.72. The van der Waals surface area contributed by atoms with Gasteiger partial charge in [-0.3, -0.25) is 4.79 Å². The van der Waals surface area contributed by atoms with Crippen LogP contribution >= 0.6 is 22.6 Å². The molecule has 1 N–H and O–H groups in total. The Kier molecular flexibility index (Phi) is 2.40. The third-order valence-corrected chi connectivity index (χ3v) is 2.76. The van der Waals surface area contributed by atoms with Gasteiger partial charge in [0.25, 0.3) is 5.56 Å². The van der Waals surface area contributed by atoms with Crippen LogP contribution in [0.15, 0.2) is 23.3 Å². The van der Waals surface area contributed by atoms with Crippen LogP contribution in [-0.2, 0) is 0 Å². The third kappa shape index (κ3) is 1.47. The minimum absolute atomic E-state index is 0.129. The molecular weight excluding hydrogens is 295 g/mol. The fourth-order valence-corrected chi connectivity index (χ4v) is 1.91. The van der Waals surface area contributed by atoms with Crippen LogP contribution in [0.25, 0.3) is 10.9 Å². The molecule has 5 heteroatoms. The number of nitrogens with zero attached hydrogens (tertiary/aromatic N) is 1. The average Bonchev–Trinajstić information content (AvgIpc) is 2.19. The smallest absolute Gasteiger partial charge is 0.258 e. The maximum Gasteiger partial charge on any atom is 0.258 e. The standard InChI is InChI=1S/C9H7IN2O2/c1-14-8-3-7-5(2-6(8)10)9(13)12-4-11-7/h2-4H,1H3,(H,11,12,13). The molecule has 0 saturated heterocycles. The second kappa shape index (κ2) is 3.56. The fourth-order valence-electron chi connectivity index (χ4n) is 1.23. The molecule has 72 valence electrons. The molecule has 0 amide bonds. The fraction of sp³-hybridized carbons (Fsp3) is 0.111. The van der Waals surface area contributed by atoms with E-state index in [0.717, 1.165) is 9.32 Å². The second-order valence-electron chi connectivity index (χ2n) is 2.74. The third-order valence-electron chi connectivity index (χ3n) is 1.91. The van der Waals surface area contributed by atoms with Gasteiger partial charge in [-0.25, -0.2) is 4.98 Å². The molecular formula is C9H7IN2O2. The Morgan fingerprint density at radius 2 is 2.29 bits per heavy atom. The van der Waals surface area contributed by atoms with E-state index in [-0.39, 0.29) is 5.56 Å². The van der Waals surface area contributed by atoms with Crippen LogP contribution in [0.2, 0.25) is 0 Å². The van der Waals surface area contributed by atoms with Gasteiger partial charge < -0.3 is 9.72 Å². The van der Waals surface area contributed by atoms with Crippen LogP contribution in [0.5, 0.6) is 5.75 Å². The number of benzene rings is 1. The lowest BCUT2D eigenvalue weighted by atomic mass is 10.2. The number of methoxy groups -OCH3 is 1. The van der Waals surface area contributed by atoms with Crippen molar-refractivity contribution in [3.8, 4) is 5.75 Å². The normalized spacial score (nSPS) is 10.4. The summed E-state index contributed by atoms with van der Waals surface area (Å²) in [5, 5.41) is 0.581. The predicted octanol–water partition coefficient (Wildman–Crippen LogP) is 1.54. The number of H-pyrrole nitrogens is 1. The van der Waals surface area contributed by atoms with Gasteiger partial charge in [0, 0.05) is 6.07 Å². The van der Waals surface area contributed by atoms with Gasteiger partial charge in [0.1, 0.15) is 5.75 Å². The monoisotopic (exact) mass is 302 g/mol. The number of rotatable bonds is 1. The van der Waals surface area contributed by atoms with Crippen molar-refractivity contribution in [1.29, 1.82) is 0 Å². The highest BCUT2D eigenvalue weighted by Gasteiger charge is 2.05. The molecule has 2 rings (SSSR count). The molecule has 4 nitrogen and oxygen atoms in total. The van der Waals surface area contributed by atoms with E-state index in [4.69, 9.17) is 4.74 Å². The molecule has 0 saturated carbocycles. The van der Waals surface area contributed by atoms with Gasteiger partial charge in [-0.1, -0.05) is 0 Å². The molecule has 0 fully saturated rings. The van der Waals surface area contributed by atoms with Crippen LogP contribution in [0, 0.1) is 3.57 Å². The molecule has 14 heavy (non-hydrogen) atoms. The Bertz CT molecular complexity index is 536. The van der Waals surface area contributed by atoms with Crippen molar-refractivity contribution in [2.75, 3.05) is 7.11 Å².